The molecule has 1 aliphatic heterocycles. The molecule has 19 heavy (non-hydrogen) atoms. The van der Waals surface area contributed by atoms with Crippen molar-refractivity contribution in [3.05, 3.63) is 35.9 Å². The fraction of sp³-hybridized carbons (Fsp3) is 0.562. The maximum atomic E-state index is 12.0. The van der Waals surface area contributed by atoms with Crippen LogP contribution in [0, 0.1) is 5.92 Å². The fourth-order valence-electron chi connectivity index (χ4n) is 2.74. The molecule has 2 unspecified atom stereocenters. The third-order valence-corrected chi connectivity index (χ3v) is 3.81. The first-order valence-corrected chi connectivity index (χ1v) is 7.28. The molecule has 0 saturated carbocycles. The summed E-state index contributed by atoms with van der Waals surface area (Å²) in [4.78, 5) is 17.5. The third kappa shape index (κ3) is 3.35. The highest BCUT2D eigenvalue weighted by Crippen LogP contribution is 2.30. The summed E-state index contributed by atoms with van der Waals surface area (Å²) in [6, 6.07) is 10.4. The first-order valence-electron chi connectivity index (χ1n) is 7.28. The van der Waals surface area contributed by atoms with E-state index >= 15 is 0 Å². The van der Waals surface area contributed by atoms with Crippen LogP contribution in [0.25, 0.3) is 0 Å². The van der Waals surface area contributed by atoms with Gasteiger partial charge in [0.05, 0.1) is 18.5 Å². The van der Waals surface area contributed by atoms with Gasteiger partial charge in [-0.25, -0.2) is 4.79 Å². The average Bonchev–Trinajstić information content (AvgIpc) is 2.72. The summed E-state index contributed by atoms with van der Waals surface area (Å²) in [5.41, 5.74) is 1.19. The lowest BCUT2D eigenvalue weighted by atomic mass is 9.93. The van der Waals surface area contributed by atoms with Crippen molar-refractivity contribution in [1.29, 1.82) is 0 Å². The van der Waals surface area contributed by atoms with E-state index in [4.69, 9.17) is 4.84 Å². The summed E-state index contributed by atoms with van der Waals surface area (Å²) in [5.74, 6) is 0.00453. The summed E-state index contributed by atoms with van der Waals surface area (Å²) in [7, 11) is 0. The van der Waals surface area contributed by atoms with Gasteiger partial charge in [0.25, 0.3) is 0 Å². The molecule has 3 heteroatoms. The van der Waals surface area contributed by atoms with E-state index in [1.807, 2.05) is 23.3 Å². The van der Waals surface area contributed by atoms with Gasteiger partial charge in [0.1, 0.15) is 0 Å². The van der Waals surface area contributed by atoms with Crippen molar-refractivity contribution in [3.63, 3.8) is 0 Å². The molecule has 0 radical (unpaired) electrons. The lowest BCUT2D eigenvalue weighted by molar-refractivity contribution is -0.178. The van der Waals surface area contributed by atoms with Crippen LogP contribution in [-0.2, 0) is 16.2 Å². The molecule has 0 N–H and O–H groups in total. The molecule has 1 heterocycles. The van der Waals surface area contributed by atoms with Crippen LogP contribution in [0.4, 0.5) is 0 Å². The van der Waals surface area contributed by atoms with Crippen molar-refractivity contribution in [3.8, 4) is 0 Å². The van der Waals surface area contributed by atoms with Gasteiger partial charge in [0.15, 0.2) is 0 Å². The van der Waals surface area contributed by atoms with E-state index in [1.165, 1.54) is 5.56 Å². The van der Waals surface area contributed by atoms with E-state index in [2.05, 4.69) is 26.0 Å². The Hall–Kier alpha value is -1.35. The number of hydrogen-bond donors (Lipinski definition) is 0. The normalized spacial score (nSPS) is 23.6. The average molecular weight is 261 g/mol. The Morgan fingerprint density at radius 1 is 1.21 bits per heavy atom. The maximum Gasteiger partial charge on any atom is 0.329 e. The van der Waals surface area contributed by atoms with E-state index in [1.54, 1.807) is 0 Å². The Bertz CT molecular complexity index is 404. The van der Waals surface area contributed by atoms with Crippen molar-refractivity contribution in [2.75, 3.05) is 0 Å². The van der Waals surface area contributed by atoms with Gasteiger partial charge in [0.2, 0.25) is 0 Å². The minimum Gasteiger partial charge on any atom is -0.367 e. The summed E-state index contributed by atoms with van der Waals surface area (Å²) in [5, 5.41) is 1.87. The number of hydroxylamine groups is 2. The SMILES string of the molecule is CCCCC1C(=O)ON(Cc2ccccc2)C1CC. The van der Waals surface area contributed by atoms with Crippen LogP contribution in [0.5, 0.6) is 0 Å². The minimum atomic E-state index is -0.0452. The van der Waals surface area contributed by atoms with Crippen molar-refractivity contribution in [2.24, 2.45) is 5.92 Å². The molecular weight excluding hydrogens is 238 g/mol. The predicted molar refractivity (Wildman–Crippen MR) is 75.2 cm³/mol. The van der Waals surface area contributed by atoms with E-state index in [9.17, 15) is 4.79 Å². The number of rotatable bonds is 6. The number of hydrogen-bond acceptors (Lipinski definition) is 3. The molecule has 1 fully saturated rings. The van der Waals surface area contributed by atoms with Crippen molar-refractivity contribution >= 4 is 5.97 Å². The number of benzene rings is 1. The molecule has 1 saturated heterocycles. The Labute approximate surface area is 115 Å². The molecule has 0 aliphatic carbocycles. The largest absolute Gasteiger partial charge is 0.367 e. The van der Waals surface area contributed by atoms with Crippen LogP contribution in [0.3, 0.4) is 0 Å². The molecule has 2 atom stereocenters. The predicted octanol–water partition coefficient (Wildman–Crippen LogP) is 3.55. The molecule has 0 amide bonds. The number of carbonyl (C=O) groups is 1. The standard InChI is InChI=1S/C16H23NO2/c1-3-5-11-14-15(4-2)17(19-16(14)18)12-13-9-7-6-8-10-13/h6-10,14-15H,3-5,11-12H2,1-2H3. The van der Waals surface area contributed by atoms with Gasteiger partial charge in [-0.05, 0) is 18.4 Å². The Kier molecular flexibility index (Phi) is 4.97. The van der Waals surface area contributed by atoms with Crippen LogP contribution in [0.1, 0.15) is 45.1 Å². The zero-order valence-electron chi connectivity index (χ0n) is 11.8. The number of nitrogens with zero attached hydrogens (tertiary/aromatic N) is 1. The van der Waals surface area contributed by atoms with Crippen LogP contribution >= 0.6 is 0 Å². The number of carbonyl (C=O) groups excluding carboxylic acids is 1. The zero-order chi connectivity index (χ0) is 13.7. The molecule has 2 rings (SSSR count). The molecule has 1 aliphatic rings. The van der Waals surface area contributed by atoms with Gasteiger partial charge in [-0.15, -0.1) is 5.06 Å². The van der Waals surface area contributed by atoms with Crippen LogP contribution in [-0.4, -0.2) is 17.1 Å². The van der Waals surface area contributed by atoms with Gasteiger partial charge < -0.3 is 4.84 Å². The Balaban J connectivity index is 2.03. The van der Waals surface area contributed by atoms with Gasteiger partial charge in [-0.3, -0.25) is 0 Å². The second kappa shape index (κ2) is 6.71. The van der Waals surface area contributed by atoms with E-state index in [0.717, 1.165) is 25.7 Å². The highest BCUT2D eigenvalue weighted by molar-refractivity contribution is 5.74. The summed E-state index contributed by atoms with van der Waals surface area (Å²) in [6.07, 6.45) is 4.11. The highest BCUT2D eigenvalue weighted by Gasteiger charge is 2.41. The van der Waals surface area contributed by atoms with Crippen LogP contribution in [0.2, 0.25) is 0 Å². The Morgan fingerprint density at radius 2 is 1.95 bits per heavy atom. The fourth-order valence-corrected chi connectivity index (χ4v) is 2.74. The first-order chi connectivity index (χ1) is 9.26. The van der Waals surface area contributed by atoms with Crippen molar-refractivity contribution < 1.29 is 9.63 Å². The number of unbranched alkanes of at least 4 members (excludes halogenated alkanes) is 1. The van der Waals surface area contributed by atoms with Gasteiger partial charge in [-0.2, -0.15) is 0 Å². The lowest BCUT2D eigenvalue weighted by Crippen LogP contribution is -2.31. The summed E-state index contributed by atoms with van der Waals surface area (Å²) < 4.78 is 0. The van der Waals surface area contributed by atoms with Crippen LogP contribution in [0.15, 0.2) is 30.3 Å². The minimum absolute atomic E-state index is 0.0452. The monoisotopic (exact) mass is 261 g/mol. The first kappa shape index (κ1) is 14.1. The zero-order valence-corrected chi connectivity index (χ0v) is 11.8. The van der Waals surface area contributed by atoms with Crippen molar-refractivity contribution in [2.45, 2.75) is 52.1 Å². The second-order valence-corrected chi connectivity index (χ2v) is 5.20. The smallest absolute Gasteiger partial charge is 0.329 e. The molecule has 0 aromatic heterocycles. The molecule has 1 aromatic carbocycles. The third-order valence-electron chi connectivity index (χ3n) is 3.81. The molecule has 0 spiro atoms. The second-order valence-electron chi connectivity index (χ2n) is 5.20. The van der Waals surface area contributed by atoms with Crippen LogP contribution < -0.4 is 0 Å². The van der Waals surface area contributed by atoms with Gasteiger partial charge in [0, 0.05) is 0 Å². The van der Waals surface area contributed by atoms with Crippen molar-refractivity contribution in [1.82, 2.24) is 5.06 Å². The highest BCUT2D eigenvalue weighted by atomic mass is 16.7. The Morgan fingerprint density at radius 3 is 2.58 bits per heavy atom. The van der Waals surface area contributed by atoms with Gasteiger partial charge in [-0.1, -0.05) is 57.0 Å². The summed E-state index contributed by atoms with van der Waals surface area (Å²) in [6.45, 7) is 4.97. The van der Waals surface area contributed by atoms with E-state index in [-0.39, 0.29) is 17.9 Å². The summed E-state index contributed by atoms with van der Waals surface area (Å²) >= 11 is 0. The molecule has 104 valence electrons. The van der Waals surface area contributed by atoms with E-state index < -0.39 is 0 Å². The van der Waals surface area contributed by atoms with Gasteiger partial charge >= 0.3 is 5.97 Å². The molecule has 3 nitrogen and oxygen atoms in total. The quantitative estimate of drug-likeness (QED) is 0.784. The molecular formula is C16H23NO2. The maximum absolute atomic E-state index is 12.0. The lowest BCUT2D eigenvalue weighted by Gasteiger charge is -2.22. The molecule has 0 bridgehead atoms. The topological polar surface area (TPSA) is 29.5 Å². The van der Waals surface area contributed by atoms with E-state index in [0.29, 0.717) is 6.54 Å². The molecule has 1 aromatic rings.